The summed E-state index contributed by atoms with van der Waals surface area (Å²) in [6.07, 6.45) is 0.374. The van der Waals surface area contributed by atoms with Crippen molar-refractivity contribution in [3.8, 4) is 0 Å². The molecule has 4 rings (SSSR count). The molecular weight excluding hydrogens is 587 g/mol. The lowest BCUT2D eigenvalue weighted by Crippen LogP contribution is -2.56. The molecule has 2 atom stereocenters. The first-order valence-electron chi connectivity index (χ1n) is 13.1. The standard InChI is InChI=1S/C30H29Cl3N4O4/c31-22-15-21(16-23(32)28(22)33)35-29(40)24(12-13-34)36-30(41)25-14-19-8-4-5-9-20(19)17-37(25)27(39)11-10-26(38)18-6-2-1-3-7-18/h1-9,15-16,24-25H,10-14,17,34H2,(H,35,40)(H,36,41)/t24-,25-/m0/s1. The molecule has 0 aromatic heterocycles. The van der Waals surface area contributed by atoms with Gasteiger partial charge in [-0.15, -0.1) is 0 Å². The molecule has 0 saturated carbocycles. The highest BCUT2D eigenvalue weighted by Crippen LogP contribution is 2.33. The molecule has 0 aliphatic carbocycles. The number of rotatable bonds is 10. The van der Waals surface area contributed by atoms with Gasteiger partial charge >= 0.3 is 0 Å². The molecule has 1 aliphatic heterocycles. The van der Waals surface area contributed by atoms with E-state index in [1.807, 2.05) is 30.3 Å². The number of nitrogens with one attached hydrogen (secondary N) is 2. The number of Topliss-reactive ketones (excluding diaryl/α,β-unsaturated/α-hetero) is 1. The van der Waals surface area contributed by atoms with Crippen LogP contribution in [0.25, 0.3) is 0 Å². The fourth-order valence-corrected chi connectivity index (χ4v) is 5.31. The van der Waals surface area contributed by atoms with Gasteiger partial charge in [0, 0.05) is 37.1 Å². The van der Waals surface area contributed by atoms with Crippen molar-refractivity contribution < 1.29 is 19.2 Å². The fourth-order valence-electron chi connectivity index (χ4n) is 4.71. The summed E-state index contributed by atoms with van der Waals surface area (Å²) in [6.45, 7) is 0.334. The van der Waals surface area contributed by atoms with Crippen LogP contribution in [0.4, 0.5) is 5.69 Å². The molecule has 214 valence electrons. The van der Waals surface area contributed by atoms with Crippen molar-refractivity contribution in [2.75, 3.05) is 11.9 Å². The highest BCUT2D eigenvalue weighted by atomic mass is 35.5. The lowest BCUT2D eigenvalue weighted by Gasteiger charge is -2.36. The van der Waals surface area contributed by atoms with Gasteiger partial charge in [0.2, 0.25) is 17.7 Å². The van der Waals surface area contributed by atoms with Gasteiger partial charge in [0.15, 0.2) is 5.78 Å². The Morgan fingerprint density at radius 3 is 2.20 bits per heavy atom. The van der Waals surface area contributed by atoms with E-state index in [4.69, 9.17) is 40.5 Å². The summed E-state index contributed by atoms with van der Waals surface area (Å²) >= 11 is 18.2. The minimum atomic E-state index is -0.991. The van der Waals surface area contributed by atoms with Gasteiger partial charge in [-0.25, -0.2) is 0 Å². The predicted molar refractivity (Wildman–Crippen MR) is 160 cm³/mol. The van der Waals surface area contributed by atoms with Crippen LogP contribution in [0.3, 0.4) is 0 Å². The molecule has 1 heterocycles. The van der Waals surface area contributed by atoms with Gasteiger partial charge in [-0.2, -0.15) is 0 Å². The van der Waals surface area contributed by atoms with Gasteiger partial charge in [-0.1, -0.05) is 89.4 Å². The third-order valence-electron chi connectivity index (χ3n) is 6.87. The van der Waals surface area contributed by atoms with E-state index in [1.165, 1.54) is 17.0 Å². The molecule has 0 fully saturated rings. The molecule has 0 radical (unpaired) electrons. The number of benzene rings is 3. The molecule has 3 amide bonds. The van der Waals surface area contributed by atoms with Gasteiger partial charge in [-0.05, 0) is 36.2 Å². The van der Waals surface area contributed by atoms with Gasteiger partial charge in [0.1, 0.15) is 12.1 Å². The molecule has 1 aliphatic rings. The Balaban J connectivity index is 1.49. The molecular formula is C30H29Cl3N4O4. The fraction of sp³-hybridized carbons (Fsp3) is 0.267. The Kier molecular flexibility index (Phi) is 10.4. The molecule has 3 aromatic rings. The minimum Gasteiger partial charge on any atom is -0.342 e. The Labute approximate surface area is 253 Å². The van der Waals surface area contributed by atoms with E-state index in [-0.39, 0.29) is 65.5 Å². The molecule has 0 saturated heterocycles. The summed E-state index contributed by atoms with van der Waals surface area (Å²) in [4.78, 5) is 54.3. The van der Waals surface area contributed by atoms with E-state index in [1.54, 1.807) is 24.3 Å². The molecule has 3 aromatic carbocycles. The number of carbonyl (C=O) groups excluding carboxylic acids is 4. The molecule has 8 nitrogen and oxygen atoms in total. The van der Waals surface area contributed by atoms with Crippen LogP contribution in [-0.2, 0) is 27.3 Å². The SMILES string of the molecule is NCC[C@H](NC(=O)[C@@H]1Cc2ccccc2CN1C(=O)CCC(=O)c1ccccc1)C(=O)Nc1cc(Cl)c(Cl)c(Cl)c1. The maximum Gasteiger partial charge on any atom is 0.247 e. The van der Waals surface area contributed by atoms with Crippen LogP contribution in [-0.4, -0.2) is 47.0 Å². The first-order chi connectivity index (χ1) is 19.7. The first-order valence-corrected chi connectivity index (χ1v) is 14.2. The Morgan fingerprint density at radius 2 is 1.54 bits per heavy atom. The molecule has 0 spiro atoms. The Bertz CT molecular complexity index is 1430. The number of carbonyl (C=O) groups is 4. The van der Waals surface area contributed by atoms with Crippen molar-refractivity contribution >= 4 is 64.0 Å². The summed E-state index contributed by atoms with van der Waals surface area (Å²) in [6, 6.07) is 17.3. The maximum atomic E-state index is 13.6. The summed E-state index contributed by atoms with van der Waals surface area (Å²) < 4.78 is 0. The minimum absolute atomic E-state index is 0.0136. The summed E-state index contributed by atoms with van der Waals surface area (Å²) in [5, 5.41) is 5.94. The number of nitrogens with two attached hydrogens (primary N) is 1. The average molecular weight is 616 g/mol. The summed E-state index contributed by atoms with van der Waals surface area (Å²) in [5.74, 6) is -1.50. The van der Waals surface area contributed by atoms with E-state index >= 15 is 0 Å². The van der Waals surface area contributed by atoms with Gasteiger partial charge in [0.05, 0.1) is 15.1 Å². The van der Waals surface area contributed by atoms with Crippen molar-refractivity contribution in [1.29, 1.82) is 0 Å². The lowest BCUT2D eigenvalue weighted by molar-refractivity contribution is -0.142. The molecule has 11 heteroatoms. The largest absolute Gasteiger partial charge is 0.342 e. The van der Waals surface area contributed by atoms with Crippen LogP contribution in [0.1, 0.15) is 40.7 Å². The number of hydrogen-bond donors (Lipinski definition) is 3. The van der Waals surface area contributed by atoms with Crippen LogP contribution in [0.2, 0.25) is 15.1 Å². The van der Waals surface area contributed by atoms with E-state index < -0.39 is 23.9 Å². The predicted octanol–water partition coefficient (Wildman–Crippen LogP) is 5.04. The topological polar surface area (TPSA) is 122 Å². The summed E-state index contributed by atoms with van der Waals surface area (Å²) in [5.41, 5.74) is 8.43. The van der Waals surface area contributed by atoms with E-state index in [2.05, 4.69) is 10.6 Å². The van der Waals surface area contributed by atoms with Crippen LogP contribution in [0.5, 0.6) is 0 Å². The monoisotopic (exact) mass is 614 g/mol. The summed E-state index contributed by atoms with van der Waals surface area (Å²) in [7, 11) is 0. The number of nitrogens with zero attached hydrogens (tertiary/aromatic N) is 1. The number of amides is 3. The van der Waals surface area contributed by atoms with Crippen LogP contribution < -0.4 is 16.4 Å². The quantitative estimate of drug-likeness (QED) is 0.218. The van der Waals surface area contributed by atoms with E-state index in [9.17, 15) is 19.2 Å². The van der Waals surface area contributed by atoms with E-state index in [0.29, 0.717) is 11.3 Å². The maximum absolute atomic E-state index is 13.6. The second-order valence-corrected chi connectivity index (χ2v) is 10.9. The second-order valence-electron chi connectivity index (χ2n) is 9.68. The number of halogens is 3. The molecule has 4 N–H and O–H groups in total. The Morgan fingerprint density at radius 1 is 0.902 bits per heavy atom. The van der Waals surface area contributed by atoms with Crippen LogP contribution in [0.15, 0.2) is 66.7 Å². The Hall–Kier alpha value is -3.43. The zero-order valence-electron chi connectivity index (χ0n) is 22.0. The van der Waals surface area contributed by atoms with Gasteiger partial charge < -0.3 is 21.3 Å². The van der Waals surface area contributed by atoms with Crippen LogP contribution >= 0.6 is 34.8 Å². The second kappa shape index (κ2) is 14.0. The average Bonchev–Trinajstić information content (AvgIpc) is 2.97. The van der Waals surface area contributed by atoms with Gasteiger partial charge in [0.25, 0.3) is 0 Å². The molecule has 41 heavy (non-hydrogen) atoms. The highest BCUT2D eigenvalue weighted by Gasteiger charge is 2.36. The zero-order chi connectivity index (χ0) is 29.5. The van der Waals surface area contributed by atoms with Crippen molar-refractivity contribution in [3.05, 3.63) is 98.5 Å². The lowest BCUT2D eigenvalue weighted by atomic mass is 9.92. The van der Waals surface area contributed by atoms with E-state index in [0.717, 1.165) is 11.1 Å². The number of anilines is 1. The molecule has 0 bridgehead atoms. The zero-order valence-corrected chi connectivity index (χ0v) is 24.3. The van der Waals surface area contributed by atoms with Crippen molar-refractivity contribution in [2.45, 2.75) is 44.3 Å². The number of fused-ring (bicyclic) bond motifs is 1. The number of hydrogen-bond acceptors (Lipinski definition) is 5. The van der Waals surface area contributed by atoms with Gasteiger partial charge in [-0.3, -0.25) is 19.2 Å². The third kappa shape index (κ3) is 7.65. The third-order valence-corrected chi connectivity index (χ3v) is 8.07. The normalized spacial score (nSPS) is 15.0. The molecule has 0 unspecified atom stereocenters. The first kappa shape index (κ1) is 30.5. The highest BCUT2D eigenvalue weighted by molar-refractivity contribution is 6.48. The van der Waals surface area contributed by atoms with Crippen molar-refractivity contribution in [1.82, 2.24) is 10.2 Å². The number of ketones is 1. The smallest absolute Gasteiger partial charge is 0.247 e. The van der Waals surface area contributed by atoms with Crippen molar-refractivity contribution in [2.24, 2.45) is 5.73 Å². The van der Waals surface area contributed by atoms with Crippen molar-refractivity contribution in [3.63, 3.8) is 0 Å². The van der Waals surface area contributed by atoms with Crippen LogP contribution in [0, 0.1) is 0 Å².